The summed E-state index contributed by atoms with van der Waals surface area (Å²) in [5, 5.41) is 15.6. The molecule has 22 heavy (non-hydrogen) atoms. The van der Waals surface area contributed by atoms with Gasteiger partial charge in [0.05, 0.1) is 6.10 Å². The zero-order valence-corrected chi connectivity index (χ0v) is 12.4. The molecule has 1 aliphatic heterocycles. The van der Waals surface area contributed by atoms with Gasteiger partial charge in [0, 0.05) is 31.1 Å². The van der Waals surface area contributed by atoms with Gasteiger partial charge in [0.15, 0.2) is 5.69 Å². The van der Waals surface area contributed by atoms with E-state index >= 15 is 0 Å². The fourth-order valence-electron chi connectivity index (χ4n) is 2.55. The lowest BCUT2D eigenvalue weighted by molar-refractivity contribution is 0.0921. The van der Waals surface area contributed by atoms with E-state index in [2.05, 4.69) is 15.6 Å². The van der Waals surface area contributed by atoms with Gasteiger partial charge in [-0.3, -0.25) is 4.79 Å². The second kappa shape index (κ2) is 6.29. The number of nitrogens with zero attached hydrogens (tertiary/aromatic N) is 1. The molecule has 6 heteroatoms. The highest BCUT2D eigenvalue weighted by molar-refractivity contribution is 5.93. The molecule has 1 aromatic carbocycles. The molecule has 3 N–H and O–H groups in total. The van der Waals surface area contributed by atoms with Crippen molar-refractivity contribution < 1.29 is 14.3 Å². The first-order valence-electron chi connectivity index (χ1n) is 7.35. The Balaban J connectivity index is 1.69. The summed E-state index contributed by atoms with van der Waals surface area (Å²) in [5.74, 6) is 0.680. The molecule has 6 nitrogen and oxygen atoms in total. The molecular weight excluding hydrogens is 282 g/mol. The van der Waals surface area contributed by atoms with Crippen molar-refractivity contribution in [1.82, 2.24) is 15.6 Å². The monoisotopic (exact) mass is 301 g/mol. The predicted molar refractivity (Wildman–Crippen MR) is 81.4 cm³/mol. The number of carbonyl (C=O) groups is 1. The molecule has 0 aliphatic carbocycles. The van der Waals surface area contributed by atoms with Gasteiger partial charge in [-0.1, -0.05) is 18.2 Å². The van der Waals surface area contributed by atoms with Gasteiger partial charge in [-0.05, 0) is 19.1 Å². The minimum Gasteiger partial charge on any atom is -0.441 e. The summed E-state index contributed by atoms with van der Waals surface area (Å²) in [4.78, 5) is 16.5. The topological polar surface area (TPSA) is 87.4 Å². The molecule has 0 saturated carbocycles. The Morgan fingerprint density at radius 2 is 2.18 bits per heavy atom. The third kappa shape index (κ3) is 3.03. The Labute approximate surface area is 128 Å². The van der Waals surface area contributed by atoms with Crippen LogP contribution in [0.2, 0.25) is 0 Å². The van der Waals surface area contributed by atoms with Crippen LogP contribution in [0, 0.1) is 12.8 Å². The van der Waals surface area contributed by atoms with E-state index in [9.17, 15) is 9.90 Å². The van der Waals surface area contributed by atoms with Crippen molar-refractivity contribution in [2.45, 2.75) is 13.0 Å². The number of hydrogen-bond donors (Lipinski definition) is 3. The van der Waals surface area contributed by atoms with E-state index in [-0.39, 0.29) is 11.8 Å². The van der Waals surface area contributed by atoms with Crippen molar-refractivity contribution in [1.29, 1.82) is 0 Å². The second-order valence-electron chi connectivity index (χ2n) is 5.49. The standard InChI is InChI=1S/C16H19N3O3/c1-10-14(15(21)18-8-12-7-17-9-13(12)20)19-16(22-10)11-5-3-2-4-6-11/h2-6,12-13,17,20H,7-9H2,1H3,(H,18,21). The van der Waals surface area contributed by atoms with Gasteiger partial charge in [-0.2, -0.15) is 0 Å². The van der Waals surface area contributed by atoms with Crippen LogP contribution in [0.4, 0.5) is 0 Å². The molecule has 1 amide bonds. The van der Waals surface area contributed by atoms with Crippen molar-refractivity contribution in [3.05, 3.63) is 41.8 Å². The lowest BCUT2D eigenvalue weighted by Crippen LogP contribution is -2.34. The van der Waals surface area contributed by atoms with Crippen LogP contribution in [0.1, 0.15) is 16.2 Å². The third-order valence-electron chi connectivity index (χ3n) is 3.86. The van der Waals surface area contributed by atoms with Crippen molar-refractivity contribution in [2.24, 2.45) is 5.92 Å². The van der Waals surface area contributed by atoms with Crippen LogP contribution < -0.4 is 10.6 Å². The number of nitrogens with one attached hydrogen (secondary N) is 2. The number of rotatable bonds is 4. The normalized spacial score (nSPS) is 21.0. The number of hydrogen-bond acceptors (Lipinski definition) is 5. The molecule has 0 radical (unpaired) electrons. The molecule has 1 saturated heterocycles. The van der Waals surface area contributed by atoms with E-state index in [0.717, 1.165) is 5.56 Å². The fourth-order valence-corrected chi connectivity index (χ4v) is 2.55. The zero-order chi connectivity index (χ0) is 15.5. The molecule has 0 spiro atoms. The molecule has 2 atom stereocenters. The molecule has 1 fully saturated rings. The molecule has 2 aromatic rings. The van der Waals surface area contributed by atoms with E-state index < -0.39 is 6.10 Å². The quantitative estimate of drug-likeness (QED) is 0.783. The summed E-state index contributed by atoms with van der Waals surface area (Å²) in [7, 11) is 0. The SMILES string of the molecule is Cc1oc(-c2ccccc2)nc1C(=O)NCC1CNCC1O. The lowest BCUT2D eigenvalue weighted by Gasteiger charge is -2.13. The van der Waals surface area contributed by atoms with Gasteiger partial charge in [-0.25, -0.2) is 4.98 Å². The van der Waals surface area contributed by atoms with Crippen molar-refractivity contribution in [3.8, 4) is 11.5 Å². The Kier molecular flexibility index (Phi) is 4.22. The van der Waals surface area contributed by atoms with Crippen molar-refractivity contribution >= 4 is 5.91 Å². The highest BCUT2D eigenvalue weighted by Crippen LogP contribution is 2.21. The number of oxazole rings is 1. The van der Waals surface area contributed by atoms with E-state index in [0.29, 0.717) is 37.0 Å². The Bertz CT molecular complexity index is 654. The molecule has 2 unspecified atom stereocenters. The Morgan fingerprint density at radius 1 is 1.41 bits per heavy atom. The number of aromatic nitrogens is 1. The smallest absolute Gasteiger partial charge is 0.273 e. The van der Waals surface area contributed by atoms with Crippen LogP contribution >= 0.6 is 0 Å². The Hall–Kier alpha value is -2.18. The molecule has 1 aromatic heterocycles. The molecule has 116 valence electrons. The van der Waals surface area contributed by atoms with E-state index in [1.807, 2.05) is 30.3 Å². The van der Waals surface area contributed by atoms with Gasteiger partial charge in [-0.15, -0.1) is 0 Å². The minimum atomic E-state index is -0.418. The first-order valence-corrected chi connectivity index (χ1v) is 7.35. The first-order chi connectivity index (χ1) is 10.6. The summed E-state index contributed by atoms with van der Waals surface area (Å²) in [6.45, 7) is 3.41. The van der Waals surface area contributed by atoms with Gasteiger partial charge < -0.3 is 20.2 Å². The van der Waals surface area contributed by atoms with Crippen molar-refractivity contribution in [3.63, 3.8) is 0 Å². The molecular formula is C16H19N3O3. The lowest BCUT2D eigenvalue weighted by atomic mass is 10.1. The average molecular weight is 301 g/mol. The van der Waals surface area contributed by atoms with Crippen LogP contribution in [-0.2, 0) is 0 Å². The van der Waals surface area contributed by atoms with E-state index in [1.54, 1.807) is 6.92 Å². The summed E-state index contributed by atoms with van der Waals surface area (Å²) in [5.41, 5.74) is 1.12. The van der Waals surface area contributed by atoms with Crippen LogP contribution in [0.25, 0.3) is 11.5 Å². The number of aliphatic hydroxyl groups excluding tert-OH is 1. The maximum absolute atomic E-state index is 12.2. The summed E-state index contributed by atoms with van der Waals surface area (Å²) < 4.78 is 5.58. The fraction of sp³-hybridized carbons (Fsp3) is 0.375. The van der Waals surface area contributed by atoms with Crippen LogP contribution in [-0.4, -0.2) is 41.7 Å². The van der Waals surface area contributed by atoms with Gasteiger partial charge in [0.1, 0.15) is 5.76 Å². The van der Waals surface area contributed by atoms with E-state index in [4.69, 9.17) is 4.42 Å². The maximum atomic E-state index is 12.2. The third-order valence-corrected chi connectivity index (χ3v) is 3.86. The van der Waals surface area contributed by atoms with Crippen LogP contribution in [0.3, 0.4) is 0 Å². The van der Waals surface area contributed by atoms with Crippen molar-refractivity contribution in [2.75, 3.05) is 19.6 Å². The number of aryl methyl sites for hydroxylation is 1. The van der Waals surface area contributed by atoms with Crippen LogP contribution in [0.5, 0.6) is 0 Å². The summed E-state index contributed by atoms with van der Waals surface area (Å²) in [6.07, 6.45) is -0.418. The summed E-state index contributed by atoms with van der Waals surface area (Å²) >= 11 is 0. The Morgan fingerprint density at radius 3 is 2.86 bits per heavy atom. The largest absolute Gasteiger partial charge is 0.441 e. The number of carbonyl (C=O) groups excluding carboxylic acids is 1. The molecule has 0 bridgehead atoms. The number of β-amino-alcohol motifs (C(OH)–C–C–N with tert-alkyl or cyclic N) is 1. The first kappa shape index (κ1) is 14.7. The molecule has 1 aliphatic rings. The predicted octanol–water partition coefficient (Wildman–Crippen LogP) is 0.960. The second-order valence-corrected chi connectivity index (χ2v) is 5.49. The molecule has 3 rings (SSSR count). The summed E-state index contributed by atoms with van der Waals surface area (Å²) in [6, 6.07) is 9.46. The average Bonchev–Trinajstić information content (AvgIpc) is 3.12. The highest BCUT2D eigenvalue weighted by atomic mass is 16.4. The zero-order valence-electron chi connectivity index (χ0n) is 12.4. The maximum Gasteiger partial charge on any atom is 0.273 e. The van der Waals surface area contributed by atoms with E-state index in [1.165, 1.54) is 0 Å². The van der Waals surface area contributed by atoms with Gasteiger partial charge in [0.2, 0.25) is 5.89 Å². The number of amides is 1. The van der Waals surface area contributed by atoms with Gasteiger partial charge >= 0.3 is 0 Å². The molecule has 2 heterocycles. The highest BCUT2D eigenvalue weighted by Gasteiger charge is 2.26. The van der Waals surface area contributed by atoms with Gasteiger partial charge in [0.25, 0.3) is 5.91 Å². The van der Waals surface area contributed by atoms with Crippen LogP contribution in [0.15, 0.2) is 34.7 Å². The number of benzene rings is 1. The number of aliphatic hydroxyl groups is 1. The minimum absolute atomic E-state index is 0.0322.